The van der Waals surface area contributed by atoms with E-state index in [1.54, 1.807) is 13.2 Å². The average Bonchev–Trinajstić information content (AvgIpc) is 2.46. The molecule has 1 aliphatic rings. The molecule has 0 radical (unpaired) electrons. The van der Waals surface area contributed by atoms with Gasteiger partial charge in [-0.25, -0.2) is 0 Å². The predicted molar refractivity (Wildman–Crippen MR) is 70.6 cm³/mol. The third kappa shape index (κ3) is 3.24. The first-order valence-electron chi connectivity index (χ1n) is 6.32. The zero-order chi connectivity index (χ0) is 13.7. The number of nitriles is 1. The zero-order valence-corrected chi connectivity index (χ0v) is 10.9. The van der Waals surface area contributed by atoms with Crippen LogP contribution in [0.15, 0.2) is 18.2 Å². The molecule has 0 aromatic heterocycles. The molecule has 5 nitrogen and oxygen atoms in total. The van der Waals surface area contributed by atoms with Crippen molar-refractivity contribution in [3.63, 3.8) is 0 Å². The summed E-state index contributed by atoms with van der Waals surface area (Å²) < 4.78 is 5.16. The number of amides is 1. The van der Waals surface area contributed by atoms with Crippen LogP contribution >= 0.6 is 0 Å². The minimum Gasteiger partial charge on any atom is -0.495 e. The van der Waals surface area contributed by atoms with Crippen molar-refractivity contribution in [3.05, 3.63) is 29.3 Å². The molecule has 1 heterocycles. The van der Waals surface area contributed by atoms with E-state index in [9.17, 15) is 4.79 Å². The summed E-state index contributed by atoms with van der Waals surface area (Å²) in [7, 11) is 1.54. The van der Waals surface area contributed by atoms with Gasteiger partial charge in [0.1, 0.15) is 11.8 Å². The lowest BCUT2D eigenvalue weighted by Crippen LogP contribution is -2.47. The number of hydrogen-bond acceptors (Lipinski definition) is 4. The van der Waals surface area contributed by atoms with Crippen LogP contribution in [0.5, 0.6) is 5.75 Å². The molecule has 1 unspecified atom stereocenters. The van der Waals surface area contributed by atoms with Crippen LogP contribution < -0.4 is 15.4 Å². The summed E-state index contributed by atoms with van der Waals surface area (Å²) in [6, 6.07) is 7.38. The Morgan fingerprint density at radius 3 is 3.11 bits per heavy atom. The molecule has 1 aromatic rings. The first kappa shape index (κ1) is 13.4. The van der Waals surface area contributed by atoms with Gasteiger partial charge < -0.3 is 15.4 Å². The van der Waals surface area contributed by atoms with Crippen LogP contribution in [-0.2, 0) is 11.3 Å². The average molecular weight is 259 g/mol. The van der Waals surface area contributed by atoms with Gasteiger partial charge in [0.2, 0.25) is 5.91 Å². The van der Waals surface area contributed by atoms with E-state index in [1.807, 2.05) is 12.1 Å². The number of hydrogen-bond donors (Lipinski definition) is 2. The van der Waals surface area contributed by atoms with Crippen LogP contribution in [0.4, 0.5) is 0 Å². The molecule has 1 aromatic carbocycles. The second-order valence-electron chi connectivity index (χ2n) is 4.51. The van der Waals surface area contributed by atoms with E-state index >= 15 is 0 Å². The number of carbonyl (C=O) groups excluding carboxylic acids is 1. The number of carbonyl (C=O) groups is 1. The van der Waals surface area contributed by atoms with Gasteiger partial charge in [-0.2, -0.15) is 5.26 Å². The Bertz CT molecular complexity index is 508. The largest absolute Gasteiger partial charge is 0.495 e. The van der Waals surface area contributed by atoms with Crippen molar-refractivity contribution in [2.45, 2.75) is 25.4 Å². The molecule has 5 heteroatoms. The number of ether oxygens (including phenoxy) is 1. The van der Waals surface area contributed by atoms with Crippen LogP contribution in [0.1, 0.15) is 24.0 Å². The van der Waals surface area contributed by atoms with E-state index in [0.717, 1.165) is 24.9 Å². The molecule has 1 saturated heterocycles. The second kappa shape index (κ2) is 6.21. The van der Waals surface area contributed by atoms with Gasteiger partial charge in [-0.05, 0) is 30.5 Å². The van der Waals surface area contributed by atoms with E-state index in [2.05, 4.69) is 16.7 Å². The number of benzene rings is 1. The normalized spacial score (nSPS) is 18.5. The summed E-state index contributed by atoms with van der Waals surface area (Å²) in [6.45, 7) is 1.35. The highest BCUT2D eigenvalue weighted by Crippen LogP contribution is 2.19. The van der Waals surface area contributed by atoms with Crippen LogP contribution in [0.2, 0.25) is 0 Å². The van der Waals surface area contributed by atoms with E-state index in [-0.39, 0.29) is 11.9 Å². The van der Waals surface area contributed by atoms with Crippen LogP contribution in [0.25, 0.3) is 0 Å². The topological polar surface area (TPSA) is 74.2 Å². The highest BCUT2D eigenvalue weighted by atomic mass is 16.5. The summed E-state index contributed by atoms with van der Waals surface area (Å²) >= 11 is 0. The van der Waals surface area contributed by atoms with Gasteiger partial charge in [-0.15, -0.1) is 0 Å². The molecular weight excluding hydrogens is 242 g/mol. The Kier molecular flexibility index (Phi) is 4.37. The molecule has 0 saturated carbocycles. The lowest BCUT2D eigenvalue weighted by molar-refractivity contribution is -0.124. The zero-order valence-electron chi connectivity index (χ0n) is 10.9. The molecule has 0 spiro atoms. The van der Waals surface area contributed by atoms with Crippen molar-refractivity contribution in [3.8, 4) is 11.8 Å². The Balaban J connectivity index is 1.99. The Morgan fingerprint density at radius 2 is 2.42 bits per heavy atom. The number of nitrogens with zero attached hydrogens (tertiary/aromatic N) is 1. The molecule has 1 aliphatic heterocycles. The second-order valence-corrected chi connectivity index (χ2v) is 4.51. The monoisotopic (exact) mass is 259 g/mol. The first-order chi connectivity index (χ1) is 9.24. The van der Waals surface area contributed by atoms with Gasteiger partial charge in [0, 0.05) is 13.1 Å². The van der Waals surface area contributed by atoms with Crippen molar-refractivity contribution in [2.75, 3.05) is 13.7 Å². The molecular formula is C14H17N3O2. The van der Waals surface area contributed by atoms with Crippen LogP contribution in [-0.4, -0.2) is 25.6 Å². The molecule has 1 amide bonds. The highest BCUT2D eigenvalue weighted by Gasteiger charge is 2.20. The van der Waals surface area contributed by atoms with Crippen molar-refractivity contribution >= 4 is 5.91 Å². The summed E-state index contributed by atoms with van der Waals surface area (Å²) in [4.78, 5) is 11.6. The standard InChI is InChI=1S/C14H17N3O2/c1-19-13-7-10(4-5-11(13)8-15)9-17-12-3-2-6-16-14(12)18/h4-5,7,12,17H,2-3,6,9H2,1H3,(H,16,18). The molecule has 2 N–H and O–H groups in total. The van der Waals surface area contributed by atoms with Gasteiger partial charge in [0.25, 0.3) is 0 Å². The minimum atomic E-state index is -0.129. The van der Waals surface area contributed by atoms with Gasteiger partial charge in [-0.1, -0.05) is 6.07 Å². The minimum absolute atomic E-state index is 0.0619. The smallest absolute Gasteiger partial charge is 0.237 e. The fourth-order valence-electron chi connectivity index (χ4n) is 2.15. The summed E-state index contributed by atoms with van der Waals surface area (Å²) in [5.41, 5.74) is 1.51. The summed E-state index contributed by atoms with van der Waals surface area (Å²) in [5, 5.41) is 15.0. The van der Waals surface area contributed by atoms with E-state index in [4.69, 9.17) is 10.00 Å². The molecule has 0 bridgehead atoms. The maximum atomic E-state index is 11.6. The number of rotatable bonds is 4. The van der Waals surface area contributed by atoms with Crippen LogP contribution in [0, 0.1) is 11.3 Å². The fraction of sp³-hybridized carbons (Fsp3) is 0.429. The SMILES string of the molecule is COc1cc(CNC2CCCNC2=O)ccc1C#N. The van der Waals surface area contributed by atoms with Crippen molar-refractivity contribution in [2.24, 2.45) is 0 Å². The Hall–Kier alpha value is -2.06. The maximum absolute atomic E-state index is 11.6. The molecule has 100 valence electrons. The molecule has 19 heavy (non-hydrogen) atoms. The first-order valence-corrected chi connectivity index (χ1v) is 6.32. The molecule has 2 rings (SSSR count). The van der Waals surface area contributed by atoms with Gasteiger partial charge in [0.15, 0.2) is 0 Å². The lowest BCUT2D eigenvalue weighted by atomic mass is 10.1. The van der Waals surface area contributed by atoms with Gasteiger partial charge >= 0.3 is 0 Å². The lowest BCUT2D eigenvalue weighted by Gasteiger charge is -2.23. The van der Waals surface area contributed by atoms with Crippen molar-refractivity contribution in [1.29, 1.82) is 5.26 Å². The van der Waals surface area contributed by atoms with Crippen molar-refractivity contribution < 1.29 is 9.53 Å². The van der Waals surface area contributed by atoms with E-state index < -0.39 is 0 Å². The maximum Gasteiger partial charge on any atom is 0.237 e. The fourth-order valence-corrected chi connectivity index (χ4v) is 2.15. The summed E-state index contributed by atoms with van der Waals surface area (Å²) in [5.74, 6) is 0.627. The Labute approximate surface area is 112 Å². The number of methoxy groups -OCH3 is 1. The highest BCUT2D eigenvalue weighted by molar-refractivity contribution is 5.82. The predicted octanol–water partition coefficient (Wildman–Crippen LogP) is 0.935. The van der Waals surface area contributed by atoms with Crippen LogP contribution in [0.3, 0.4) is 0 Å². The molecule has 0 aliphatic carbocycles. The van der Waals surface area contributed by atoms with E-state index in [0.29, 0.717) is 17.9 Å². The number of piperidine rings is 1. The number of nitrogens with one attached hydrogen (secondary N) is 2. The Morgan fingerprint density at radius 1 is 1.58 bits per heavy atom. The molecule has 1 fully saturated rings. The van der Waals surface area contributed by atoms with Gasteiger partial charge in [-0.3, -0.25) is 4.79 Å². The van der Waals surface area contributed by atoms with Crippen molar-refractivity contribution in [1.82, 2.24) is 10.6 Å². The summed E-state index contributed by atoms with van der Waals surface area (Å²) in [6.07, 6.45) is 1.86. The molecule has 1 atom stereocenters. The van der Waals surface area contributed by atoms with Gasteiger partial charge in [0.05, 0.1) is 18.7 Å². The quantitative estimate of drug-likeness (QED) is 0.843. The third-order valence-electron chi connectivity index (χ3n) is 3.22. The third-order valence-corrected chi connectivity index (χ3v) is 3.22. The van der Waals surface area contributed by atoms with E-state index in [1.165, 1.54) is 0 Å².